The number of urea groups is 1. The van der Waals surface area contributed by atoms with E-state index in [1.54, 1.807) is 4.90 Å². The Hall–Kier alpha value is -2.07. The van der Waals surface area contributed by atoms with Crippen molar-refractivity contribution < 1.29 is 9.59 Å². The lowest BCUT2D eigenvalue weighted by Gasteiger charge is -2.24. The van der Waals surface area contributed by atoms with Gasteiger partial charge in [-0.25, -0.2) is 9.78 Å². The minimum Gasteiger partial charge on any atom is -0.338 e. The first kappa shape index (κ1) is 18.7. The minimum atomic E-state index is -0.183. The number of rotatable bonds is 7. The predicted octanol–water partition coefficient (Wildman–Crippen LogP) is 3.00. The molecule has 3 heterocycles. The molecule has 26 heavy (non-hydrogen) atoms. The van der Waals surface area contributed by atoms with Gasteiger partial charge in [0.05, 0.1) is 12.1 Å². The lowest BCUT2D eigenvalue weighted by molar-refractivity contribution is -0.115. The van der Waals surface area contributed by atoms with Gasteiger partial charge in [0.2, 0.25) is 11.0 Å². The van der Waals surface area contributed by atoms with Crippen molar-refractivity contribution >= 4 is 44.9 Å². The van der Waals surface area contributed by atoms with Gasteiger partial charge in [-0.15, -0.1) is 21.5 Å². The first-order valence-electron chi connectivity index (χ1n) is 8.73. The Morgan fingerprint density at radius 3 is 2.92 bits per heavy atom. The van der Waals surface area contributed by atoms with Crippen molar-refractivity contribution in [1.29, 1.82) is 0 Å². The molecule has 0 spiro atoms. The maximum absolute atomic E-state index is 12.2. The summed E-state index contributed by atoms with van der Waals surface area (Å²) in [7, 11) is 0. The maximum atomic E-state index is 12.2. The molecule has 0 atom stereocenters. The second-order valence-electron chi connectivity index (χ2n) is 6.04. The minimum absolute atomic E-state index is 0.135. The van der Waals surface area contributed by atoms with Gasteiger partial charge in [0.15, 0.2) is 5.13 Å². The monoisotopic (exact) mass is 394 g/mol. The van der Waals surface area contributed by atoms with Crippen LogP contribution in [-0.4, -0.2) is 40.2 Å². The van der Waals surface area contributed by atoms with E-state index in [1.165, 1.54) is 22.7 Å². The number of aromatic nitrogens is 3. The molecule has 0 radical (unpaired) electrons. The number of carbonyl (C=O) groups excluding carboxylic acids is 2. The summed E-state index contributed by atoms with van der Waals surface area (Å²) in [6.07, 6.45) is 3.04. The van der Waals surface area contributed by atoms with E-state index in [0.29, 0.717) is 35.0 Å². The molecule has 10 heteroatoms. The van der Waals surface area contributed by atoms with Crippen LogP contribution in [0, 0.1) is 0 Å². The summed E-state index contributed by atoms with van der Waals surface area (Å²) in [6.45, 7) is 5.58. The number of amides is 3. The van der Waals surface area contributed by atoms with E-state index in [0.717, 1.165) is 24.3 Å². The van der Waals surface area contributed by atoms with Crippen LogP contribution in [0.2, 0.25) is 0 Å². The lowest BCUT2D eigenvalue weighted by atomic mass is 10.1. The van der Waals surface area contributed by atoms with Crippen molar-refractivity contribution in [2.75, 3.05) is 23.3 Å². The Balaban J connectivity index is 1.58. The van der Waals surface area contributed by atoms with Crippen LogP contribution < -0.4 is 15.5 Å². The van der Waals surface area contributed by atoms with Crippen molar-refractivity contribution in [2.45, 2.75) is 45.4 Å². The molecule has 3 amide bonds. The van der Waals surface area contributed by atoms with Gasteiger partial charge in [0, 0.05) is 24.4 Å². The Morgan fingerprint density at radius 1 is 1.38 bits per heavy atom. The third kappa shape index (κ3) is 4.36. The topological polar surface area (TPSA) is 100 Å². The van der Waals surface area contributed by atoms with Crippen molar-refractivity contribution in [3.05, 3.63) is 16.1 Å². The number of anilines is 2. The third-order valence-corrected chi connectivity index (χ3v) is 6.13. The average Bonchev–Trinajstić information content (AvgIpc) is 3.26. The number of hydrogen-bond donors (Lipinski definition) is 2. The average molecular weight is 395 g/mol. The number of nitrogens with one attached hydrogen (secondary N) is 2. The zero-order chi connectivity index (χ0) is 18.5. The summed E-state index contributed by atoms with van der Waals surface area (Å²) < 4.78 is 0. The molecular formula is C16H22N6O2S2. The van der Waals surface area contributed by atoms with Gasteiger partial charge >= 0.3 is 6.03 Å². The van der Waals surface area contributed by atoms with Crippen LogP contribution >= 0.6 is 22.7 Å². The SMILES string of the molecule is CCC(CC)c1nnc(NC(=O)Cc2csc(N3CCCNC3=O)n2)s1. The second-order valence-corrected chi connectivity index (χ2v) is 7.89. The van der Waals surface area contributed by atoms with E-state index in [9.17, 15) is 9.59 Å². The Bertz CT molecular complexity index is 770. The van der Waals surface area contributed by atoms with Gasteiger partial charge in [0.25, 0.3) is 0 Å². The normalized spacial score (nSPS) is 14.6. The molecule has 2 N–H and O–H groups in total. The van der Waals surface area contributed by atoms with Crippen molar-refractivity contribution in [2.24, 2.45) is 0 Å². The Morgan fingerprint density at radius 2 is 2.19 bits per heavy atom. The first-order chi connectivity index (χ1) is 12.6. The van der Waals surface area contributed by atoms with Crippen LogP contribution in [0.15, 0.2) is 5.38 Å². The van der Waals surface area contributed by atoms with Crippen LogP contribution in [0.3, 0.4) is 0 Å². The number of nitrogens with zero attached hydrogens (tertiary/aromatic N) is 4. The molecule has 140 valence electrons. The molecule has 2 aromatic heterocycles. The van der Waals surface area contributed by atoms with E-state index >= 15 is 0 Å². The smallest absolute Gasteiger partial charge is 0.323 e. The number of thiazole rings is 1. The van der Waals surface area contributed by atoms with Crippen molar-refractivity contribution in [1.82, 2.24) is 20.5 Å². The van der Waals surface area contributed by atoms with Crippen LogP contribution in [0.4, 0.5) is 15.1 Å². The standard InChI is InChI=1S/C16H22N6O2S2/c1-3-10(4-2)13-20-21-14(26-13)19-12(23)8-11-9-25-16(18-11)22-7-5-6-17-15(22)24/h9-10H,3-8H2,1-2H3,(H,17,24)(H,19,21,23). The Kier molecular flexibility index (Phi) is 6.15. The van der Waals surface area contributed by atoms with Crippen molar-refractivity contribution in [3.8, 4) is 0 Å². The molecule has 3 rings (SSSR count). The molecule has 2 aromatic rings. The van der Waals surface area contributed by atoms with E-state index < -0.39 is 0 Å². The highest BCUT2D eigenvalue weighted by Crippen LogP contribution is 2.28. The molecule has 1 fully saturated rings. The first-order valence-corrected chi connectivity index (χ1v) is 10.4. The van der Waals surface area contributed by atoms with Crippen LogP contribution in [-0.2, 0) is 11.2 Å². The summed E-state index contributed by atoms with van der Waals surface area (Å²) in [4.78, 5) is 30.1. The van der Waals surface area contributed by atoms with Crippen molar-refractivity contribution in [3.63, 3.8) is 0 Å². The van der Waals surface area contributed by atoms with Crippen LogP contribution in [0.5, 0.6) is 0 Å². The van der Waals surface area contributed by atoms with E-state index in [2.05, 4.69) is 39.7 Å². The molecule has 0 bridgehead atoms. The fourth-order valence-corrected chi connectivity index (χ4v) is 4.60. The summed E-state index contributed by atoms with van der Waals surface area (Å²) in [6, 6.07) is -0.135. The number of carbonyl (C=O) groups is 2. The zero-order valence-corrected chi connectivity index (χ0v) is 16.5. The van der Waals surface area contributed by atoms with Gasteiger partial charge in [-0.05, 0) is 19.3 Å². The highest BCUT2D eigenvalue weighted by atomic mass is 32.1. The predicted molar refractivity (Wildman–Crippen MR) is 103 cm³/mol. The fourth-order valence-electron chi connectivity index (χ4n) is 2.73. The van der Waals surface area contributed by atoms with Gasteiger partial charge in [-0.1, -0.05) is 25.2 Å². The third-order valence-electron chi connectivity index (χ3n) is 4.21. The lowest BCUT2D eigenvalue weighted by Crippen LogP contribution is -2.46. The molecule has 0 aliphatic carbocycles. The number of hydrogen-bond acceptors (Lipinski definition) is 7. The molecule has 0 saturated carbocycles. The van der Waals surface area contributed by atoms with Gasteiger partial charge in [0.1, 0.15) is 5.01 Å². The summed E-state index contributed by atoms with van der Waals surface area (Å²) >= 11 is 2.79. The maximum Gasteiger partial charge on any atom is 0.323 e. The van der Waals surface area contributed by atoms with Crippen LogP contribution in [0.25, 0.3) is 0 Å². The van der Waals surface area contributed by atoms with E-state index in [-0.39, 0.29) is 18.4 Å². The quantitative estimate of drug-likeness (QED) is 0.752. The fraction of sp³-hybridized carbons (Fsp3) is 0.562. The van der Waals surface area contributed by atoms with Gasteiger partial charge < -0.3 is 10.6 Å². The second kappa shape index (κ2) is 8.54. The van der Waals surface area contributed by atoms with Gasteiger partial charge in [-0.2, -0.15) is 0 Å². The molecule has 0 aromatic carbocycles. The molecule has 1 saturated heterocycles. The highest BCUT2D eigenvalue weighted by molar-refractivity contribution is 7.15. The van der Waals surface area contributed by atoms with E-state index in [4.69, 9.17) is 0 Å². The van der Waals surface area contributed by atoms with Crippen LogP contribution in [0.1, 0.15) is 49.7 Å². The molecule has 0 unspecified atom stereocenters. The molecule has 8 nitrogen and oxygen atoms in total. The summed E-state index contributed by atoms with van der Waals surface area (Å²) in [5.74, 6) is 0.201. The Labute approximate surface area is 160 Å². The molecular weight excluding hydrogens is 372 g/mol. The summed E-state index contributed by atoms with van der Waals surface area (Å²) in [5.41, 5.74) is 0.644. The molecule has 1 aliphatic heterocycles. The highest BCUT2D eigenvalue weighted by Gasteiger charge is 2.22. The molecule has 1 aliphatic rings. The zero-order valence-electron chi connectivity index (χ0n) is 14.8. The van der Waals surface area contributed by atoms with E-state index in [1.807, 2.05) is 5.38 Å². The largest absolute Gasteiger partial charge is 0.338 e. The summed E-state index contributed by atoms with van der Waals surface area (Å²) in [5, 5.41) is 17.7. The van der Waals surface area contributed by atoms with Gasteiger partial charge in [-0.3, -0.25) is 9.69 Å².